The number of sulfonamides is 1. The molecule has 10 heteroatoms. The quantitative estimate of drug-likeness (QED) is 0.524. The largest absolute Gasteiger partial charge is 0.287 e. The lowest BCUT2D eigenvalue weighted by molar-refractivity contribution is -0.121. The van der Waals surface area contributed by atoms with Crippen LogP contribution in [0.25, 0.3) is 0 Å². The molecular formula is C18H20N4O3S3. The molecule has 0 fully saturated rings. The Morgan fingerprint density at radius 2 is 1.29 bits per heavy atom. The molecule has 7 nitrogen and oxygen atoms in total. The number of benzene rings is 2. The van der Waals surface area contributed by atoms with Gasteiger partial charge >= 0.3 is 0 Å². The molecule has 0 aliphatic rings. The van der Waals surface area contributed by atoms with Crippen LogP contribution in [0.1, 0.15) is 11.1 Å². The molecule has 0 atom stereocenters. The third kappa shape index (κ3) is 6.34. The van der Waals surface area contributed by atoms with Crippen molar-refractivity contribution in [1.29, 1.82) is 0 Å². The lowest BCUT2D eigenvalue weighted by atomic mass is 10.2. The molecule has 2 rings (SSSR count). The van der Waals surface area contributed by atoms with Gasteiger partial charge in [-0.15, -0.1) is 4.83 Å². The fraction of sp³-hybridized carbons (Fsp3) is 0.167. The first-order valence-corrected chi connectivity index (χ1v) is 10.6. The number of carbonyl (C=O) groups excluding carboxylic acids is 1. The number of nitrogens with one attached hydrogen (secondary N) is 2. The molecule has 0 aliphatic carbocycles. The van der Waals surface area contributed by atoms with Gasteiger partial charge in [-0.1, -0.05) is 85.1 Å². The highest BCUT2D eigenvalue weighted by Crippen LogP contribution is 2.05. The van der Waals surface area contributed by atoms with Crippen LogP contribution in [0.5, 0.6) is 0 Å². The maximum Gasteiger partial charge on any atom is 0.255 e. The van der Waals surface area contributed by atoms with E-state index in [0.717, 1.165) is 5.56 Å². The summed E-state index contributed by atoms with van der Waals surface area (Å²) in [5, 5.41) is 2.49. The lowest BCUT2D eigenvalue weighted by Gasteiger charge is -2.23. The van der Waals surface area contributed by atoms with Crippen molar-refractivity contribution in [3.8, 4) is 0 Å². The predicted octanol–water partition coefficient (Wildman–Crippen LogP) is 1.47. The molecule has 0 radical (unpaired) electrons. The number of hydrogen-bond donors (Lipinski definition) is 2. The van der Waals surface area contributed by atoms with Gasteiger partial charge in [0.05, 0.1) is 0 Å². The number of hydrogen-bond acceptors (Lipinski definition) is 5. The van der Waals surface area contributed by atoms with Gasteiger partial charge in [-0.05, 0) is 0 Å². The molecule has 148 valence electrons. The van der Waals surface area contributed by atoms with Gasteiger partial charge in [0.25, 0.3) is 5.91 Å². The van der Waals surface area contributed by atoms with Gasteiger partial charge in [0.15, 0.2) is 0 Å². The molecule has 28 heavy (non-hydrogen) atoms. The van der Waals surface area contributed by atoms with Crippen LogP contribution in [0.3, 0.4) is 0 Å². The summed E-state index contributed by atoms with van der Waals surface area (Å²) >= 11 is 10.5. The van der Waals surface area contributed by atoms with Crippen LogP contribution in [0.15, 0.2) is 60.7 Å². The maximum absolute atomic E-state index is 12.3. The van der Waals surface area contributed by atoms with E-state index in [2.05, 4.69) is 10.3 Å². The summed E-state index contributed by atoms with van der Waals surface area (Å²) in [7, 11) is -0.943. The normalized spacial score (nSPS) is 10.8. The summed E-state index contributed by atoms with van der Waals surface area (Å²) in [5.41, 5.74) is 3.86. The highest BCUT2D eigenvalue weighted by atomic mass is 32.2. The topological polar surface area (TPSA) is 81.8 Å². The van der Waals surface area contributed by atoms with Gasteiger partial charge in [0.1, 0.15) is 15.7 Å². The number of rotatable bonds is 6. The van der Waals surface area contributed by atoms with Crippen molar-refractivity contribution in [2.45, 2.75) is 0 Å². The van der Waals surface area contributed by atoms with Crippen molar-refractivity contribution in [2.75, 3.05) is 19.8 Å². The Labute approximate surface area is 175 Å². The average molecular weight is 437 g/mol. The van der Waals surface area contributed by atoms with Crippen LogP contribution in [-0.4, -0.2) is 54.2 Å². The van der Waals surface area contributed by atoms with Crippen molar-refractivity contribution >= 4 is 50.3 Å². The minimum Gasteiger partial charge on any atom is -0.287 e. The van der Waals surface area contributed by atoms with E-state index >= 15 is 0 Å². The minimum atomic E-state index is -3.96. The highest BCUT2D eigenvalue weighted by Gasteiger charge is 2.21. The Balaban J connectivity index is 1.93. The molecule has 0 aliphatic heterocycles. The standard InChI is InChI=1S/C18H20N4O3S3/c1-21(17(26)14-9-5-3-6-10-14)19-16(23)13-28(24,25)20-22(2)18(27)15-11-7-4-8-12-15/h3-12,20H,13H2,1-2H3,(H,19,23). The summed E-state index contributed by atoms with van der Waals surface area (Å²) in [6, 6.07) is 18.0. The number of nitrogens with zero attached hydrogens (tertiary/aromatic N) is 2. The van der Waals surface area contributed by atoms with Gasteiger partial charge in [-0.3, -0.25) is 20.2 Å². The second-order valence-electron chi connectivity index (χ2n) is 5.85. The molecule has 2 N–H and O–H groups in total. The Hall–Kier alpha value is -2.40. The van der Waals surface area contributed by atoms with Crippen LogP contribution in [0.4, 0.5) is 0 Å². The van der Waals surface area contributed by atoms with E-state index in [4.69, 9.17) is 24.4 Å². The Bertz CT molecular complexity index is 951. The first kappa shape index (κ1) is 21.9. The van der Waals surface area contributed by atoms with Crippen molar-refractivity contribution in [2.24, 2.45) is 0 Å². The Morgan fingerprint density at radius 3 is 1.75 bits per heavy atom. The van der Waals surface area contributed by atoms with Crippen LogP contribution < -0.4 is 10.3 Å². The van der Waals surface area contributed by atoms with Crippen molar-refractivity contribution in [3.63, 3.8) is 0 Å². The van der Waals surface area contributed by atoms with Crippen molar-refractivity contribution in [3.05, 3.63) is 71.8 Å². The van der Waals surface area contributed by atoms with Gasteiger partial charge in [0.2, 0.25) is 10.0 Å². The van der Waals surface area contributed by atoms with Gasteiger partial charge in [-0.25, -0.2) is 8.42 Å². The van der Waals surface area contributed by atoms with Crippen LogP contribution >= 0.6 is 24.4 Å². The monoisotopic (exact) mass is 436 g/mol. The Morgan fingerprint density at radius 1 is 0.857 bits per heavy atom. The summed E-state index contributed by atoms with van der Waals surface area (Å²) in [4.78, 5) is 15.1. The van der Waals surface area contributed by atoms with Crippen LogP contribution in [0.2, 0.25) is 0 Å². The molecular weight excluding hydrogens is 416 g/mol. The van der Waals surface area contributed by atoms with E-state index in [1.807, 2.05) is 24.3 Å². The van der Waals surface area contributed by atoms with E-state index in [9.17, 15) is 13.2 Å². The molecule has 0 bridgehead atoms. The Kier molecular flexibility index (Phi) is 7.58. The summed E-state index contributed by atoms with van der Waals surface area (Å²) in [6.07, 6.45) is 0. The van der Waals surface area contributed by atoms with E-state index < -0.39 is 21.7 Å². The van der Waals surface area contributed by atoms with Gasteiger partial charge in [0, 0.05) is 25.2 Å². The van der Waals surface area contributed by atoms with Gasteiger partial charge < -0.3 is 0 Å². The molecule has 2 aromatic rings. The zero-order chi connectivity index (χ0) is 20.7. The molecule has 2 aromatic carbocycles. The number of carbonyl (C=O) groups is 1. The number of amides is 1. The maximum atomic E-state index is 12.3. The van der Waals surface area contributed by atoms with E-state index in [0.29, 0.717) is 10.6 Å². The third-order valence-corrected chi connectivity index (χ3v) is 5.75. The first-order valence-electron chi connectivity index (χ1n) is 8.15. The predicted molar refractivity (Wildman–Crippen MR) is 117 cm³/mol. The lowest BCUT2D eigenvalue weighted by Crippen LogP contribution is -2.49. The number of thiocarbonyl (C=S) groups is 2. The third-order valence-electron chi connectivity index (χ3n) is 3.54. The summed E-state index contributed by atoms with van der Waals surface area (Å²) < 4.78 is 24.6. The summed E-state index contributed by atoms with van der Waals surface area (Å²) in [6.45, 7) is 0. The minimum absolute atomic E-state index is 0.284. The van der Waals surface area contributed by atoms with Crippen molar-refractivity contribution in [1.82, 2.24) is 20.3 Å². The molecule has 0 saturated heterocycles. The van der Waals surface area contributed by atoms with Gasteiger partial charge in [-0.2, -0.15) is 0 Å². The first-order chi connectivity index (χ1) is 13.2. The second kappa shape index (κ2) is 9.69. The molecule has 0 heterocycles. The smallest absolute Gasteiger partial charge is 0.255 e. The zero-order valence-corrected chi connectivity index (χ0v) is 17.8. The SMILES string of the molecule is CN(NC(=O)CS(=O)(=O)NN(C)C(=S)c1ccccc1)C(=S)c1ccccc1. The van der Waals surface area contributed by atoms with E-state index in [-0.39, 0.29) is 4.99 Å². The molecule has 0 unspecified atom stereocenters. The molecule has 1 amide bonds. The summed E-state index contributed by atoms with van der Waals surface area (Å²) in [5.74, 6) is -1.51. The van der Waals surface area contributed by atoms with E-state index in [1.54, 1.807) is 43.4 Å². The molecule has 0 spiro atoms. The van der Waals surface area contributed by atoms with Crippen LogP contribution in [-0.2, 0) is 14.8 Å². The molecule has 0 aromatic heterocycles. The van der Waals surface area contributed by atoms with E-state index in [1.165, 1.54) is 17.1 Å². The zero-order valence-electron chi connectivity index (χ0n) is 15.3. The average Bonchev–Trinajstić information content (AvgIpc) is 2.67. The fourth-order valence-corrected chi connectivity index (χ4v) is 3.68. The highest BCUT2D eigenvalue weighted by molar-refractivity contribution is 7.90. The second-order valence-corrected chi connectivity index (χ2v) is 8.32. The number of hydrazine groups is 2. The van der Waals surface area contributed by atoms with Crippen LogP contribution in [0, 0.1) is 0 Å². The molecule has 0 saturated carbocycles. The fourth-order valence-electron chi connectivity index (χ4n) is 2.27. The van der Waals surface area contributed by atoms with Crippen molar-refractivity contribution < 1.29 is 13.2 Å².